The maximum absolute atomic E-state index is 4.46. The molecule has 3 aromatic heterocycles. The van der Waals surface area contributed by atoms with E-state index < -0.39 is 0 Å². The third-order valence-corrected chi connectivity index (χ3v) is 4.67. The lowest BCUT2D eigenvalue weighted by Gasteiger charge is -2.17. The first-order valence-corrected chi connectivity index (χ1v) is 8.51. The Bertz CT molecular complexity index is 873. The Morgan fingerprint density at radius 1 is 1.08 bits per heavy atom. The largest absolute Gasteiger partial charge is 0.356 e. The van der Waals surface area contributed by atoms with Gasteiger partial charge in [-0.2, -0.15) is 0 Å². The van der Waals surface area contributed by atoms with E-state index in [4.69, 9.17) is 0 Å². The molecule has 0 unspecified atom stereocenters. The summed E-state index contributed by atoms with van der Waals surface area (Å²) in [6, 6.07) is 4.10. The van der Waals surface area contributed by atoms with Crippen LogP contribution in [0.15, 0.2) is 37.2 Å². The first kappa shape index (κ1) is 15.7. The predicted octanol–water partition coefficient (Wildman–Crippen LogP) is 2.04. The van der Waals surface area contributed by atoms with Crippen molar-refractivity contribution in [3.63, 3.8) is 0 Å². The molecule has 25 heavy (non-hydrogen) atoms. The molecule has 0 N–H and O–H groups in total. The van der Waals surface area contributed by atoms with E-state index >= 15 is 0 Å². The molecule has 1 saturated heterocycles. The van der Waals surface area contributed by atoms with Crippen LogP contribution in [0.2, 0.25) is 0 Å². The summed E-state index contributed by atoms with van der Waals surface area (Å²) in [6.07, 6.45) is 9.08. The van der Waals surface area contributed by atoms with Crippen molar-refractivity contribution in [2.75, 3.05) is 18.0 Å². The summed E-state index contributed by atoms with van der Waals surface area (Å²) in [5.41, 5.74) is 2.95. The molecule has 1 aliphatic rings. The second-order valence-corrected chi connectivity index (χ2v) is 6.58. The standard InChI is InChI=1S/C18H21N7/c1-13-7-17(23-11-20-13)25-5-3-14(10-25)8-15-9-16(22-12-21-15)18-19-4-6-24(18)2/h4,6-7,9,11-12,14H,3,5,8,10H2,1-2H3/t14-/m1/s1. The van der Waals surface area contributed by atoms with Crippen molar-refractivity contribution in [2.45, 2.75) is 19.8 Å². The number of imidazole rings is 1. The van der Waals surface area contributed by atoms with E-state index in [0.717, 1.165) is 54.7 Å². The molecule has 0 aliphatic carbocycles. The molecule has 0 radical (unpaired) electrons. The molecule has 0 saturated carbocycles. The van der Waals surface area contributed by atoms with Crippen molar-refractivity contribution in [3.05, 3.63) is 48.6 Å². The Morgan fingerprint density at radius 3 is 2.76 bits per heavy atom. The van der Waals surface area contributed by atoms with Gasteiger partial charge >= 0.3 is 0 Å². The number of rotatable bonds is 4. The molecule has 4 rings (SSSR count). The molecule has 0 spiro atoms. The summed E-state index contributed by atoms with van der Waals surface area (Å²) in [4.78, 5) is 24.1. The van der Waals surface area contributed by atoms with Gasteiger partial charge in [-0.05, 0) is 31.7 Å². The number of hydrogen-bond acceptors (Lipinski definition) is 6. The van der Waals surface area contributed by atoms with Crippen molar-refractivity contribution < 1.29 is 0 Å². The minimum Gasteiger partial charge on any atom is -0.356 e. The lowest BCUT2D eigenvalue weighted by molar-refractivity contribution is 0.576. The summed E-state index contributed by atoms with van der Waals surface area (Å²) in [7, 11) is 1.97. The Morgan fingerprint density at radius 2 is 1.96 bits per heavy atom. The summed E-state index contributed by atoms with van der Waals surface area (Å²) < 4.78 is 1.97. The van der Waals surface area contributed by atoms with Crippen molar-refractivity contribution in [3.8, 4) is 11.5 Å². The highest BCUT2D eigenvalue weighted by Crippen LogP contribution is 2.25. The molecule has 0 bridgehead atoms. The van der Waals surface area contributed by atoms with E-state index in [1.54, 1.807) is 18.9 Å². The van der Waals surface area contributed by atoms with Gasteiger partial charge in [0.15, 0.2) is 5.82 Å². The average Bonchev–Trinajstić information content (AvgIpc) is 3.24. The van der Waals surface area contributed by atoms with Crippen LogP contribution in [0.3, 0.4) is 0 Å². The molecule has 7 nitrogen and oxygen atoms in total. The van der Waals surface area contributed by atoms with Crippen LogP contribution in [0.5, 0.6) is 0 Å². The number of anilines is 1. The van der Waals surface area contributed by atoms with Gasteiger partial charge in [-0.15, -0.1) is 0 Å². The quantitative estimate of drug-likeness (QED) is 0.726. The van der Waals surface area contributed by atoms with Gasteiger partial charge in [0, 0.05) is 50.0 Å². The van der Waals surface area contributed by atoms with Crippen LogP contribution in [-0.4, -0.2) is 42.6 Å². The van der Waals surface area contributed by atoms with E-state index in [1.165, 1.54) is 0 Å². The lowest BCUT2D eigenvalue weighted by atomic mass is 10.0. The zero-order chi connectivity index (χ0) is 17.2. The van der Waals surface area contributed by atoms with Crippen molar-refractivity contribution in [2.24, 2.45) is 13.0 Å². The summed E-state index contributed by atoms with van der Waals surface area (Å²) >= 11 is 0. The van der Waals surface area contributed by atoms with E-state index in [2.05, 4.69) is 35.9 Å². The minimum atomic E-state index is 0.569. The van der Waals surface area contributed by atoms with Gasteiger partial charge in [0.05, 0.1) is 0 Å². The fourth-order valence-electron chi connectivity index (χ4n) is 3.36. The Hall–Kier alpha value is -2.83. The first-order chi connectivity index (χ1) is 12.2. The number of hydrogen-bond donors (Lipinski definition) is 0. The Labute approximate surface area is 146 Å². The molecule has 4 heterocycles. The highest BCUT2D eigenvalue weighted by atomic mass is 15.2. The molecular formula is C18H21N7. The summed E-state index contributed by atoms with van der Waals surface area (Å²) in [6.45, 7) is 4.02. The second-order valence-electron chi connectivity index (χ2n) is 6.58. The molecule has 1 fully saturated rings. The third kappa shape index (κ3) is 3.35. The number of aryl methyl sites for hydroxylation is 2. The van der Waals surface area contributed by atoms with Crippen LogP contribution in [-0.2, 0) is 13.5 Å². The first-order valence-electron chi connectivity index (χ1n) is 8.51. The van der Waals surface area contributed by atoms with Gasteiger partial charge in [0.2, 0.25) is 0 Å². The van der Waals surface area contributed by atoms with E-state index in [0.29, 0.717) is 5.92 Å². The molecule has 1 aliphatic heterocycles. The normalized spacial score (nSPS) is 17.2. The van der Waals surface area contributed by atoms with Crippen LogP contribution in [0, 0.1) is 12.8 Å². The van der Waals surface area contributed by atoms with Crippen molar-refractivity contribution in [1.82, 2.24) is 29.5 Å². The van der Waals surface area contributed by atoms with E-state index in [1.807, 2.05) is 30.8 Å². The van der Waals surface area contributed by atoms with Crippen LogP contribution >= 0.6 is 0 Å². The molecule has 128 valence electrons. The molecular weight excluding hydrogens is 314 g/mol. The van der Waals surface area contributed by atoms with E-state index in [9.17, 15) is 0 Å². The van der Waals surface area contributed by atoms with Crippen LogP contribution in [0.4, 0.5) is 5.82 Å². The molecule has 1 atom stereocenters. The van der Waals surface area contributed by atoms with E-state index in [-0.39, 0.29) is 0 Å². The number of nitrogens with zero attached hydrogens (tertiary/aromatic N) is 7. The monoisotopic (exact) mass is 335 g/mol. The third-order valence-electron chi connectivity index (χ3n) is 4.67. The van der Waals surface area contributed by atoms with Gasteiger partial charge in [-0.1, -0.05) is 0 Å². The Balaban J connectivity index is 1.46. The predicted molar refractivity (Wildman–Crippen MR) is 95.0 cm³/mol. The van der Waals surface area contributed by atoms with Gasteiger partial charge < -0.3 is 9.47 Å². The number of aromatic nitrogens is 6. The zero-order valence-corrected chi connectivity index (χ0v) is 14.5. The van der Waals surface area contributed by atoms with Crippen molar-refractivity contribution >= 4 is 5.82 Å². The van der Waals surface area contributed by atoms with Gasteiger partial charge in [-0.25, -0.2) is 24.9 Å². The average molecular weight is 335 g/mol. The lowest BCUT2D eigenvalue weighted by Crippen LogP contribution is -2.21. The van der Waals surface area contributed by atoms with Crippen LogP contribution < -0.4 is 4.90 Å². The maximum Gasteiger partial charge on any atom is 0.158 e. The highest BCUT2D eigenvalue weighted by molar-refractivity contribution is 5.49. The van der Waals surface area contributed by atoms with Gasteiger partial charge in [0.1, 0.15) is 24.2 Å². The maximum atomic E-state index is 4.46. The highest BCUT2D eigenvalue weighted by Gasteiger charge is 2.24. The summed E-state index contributed by atoms with van der Waals surface area (Å²) in [5.74, 6) is 2.46. The fourth-order valence-corrected chi connectivity index (χ4v) is 3.36. The minimum absolute atomic E-state index is 0.569. The SMILES string of the molecule is Cc1cc(N2CC[C@H](Cc3cc(-c4nccn4C)ncn3)C2)ncn1. The van der Waals surface area contributed by atoms with Crippen molar-refractivity contribution in [1.29, 1.82) is 0 Å². The van der Waals surface area contributed by atoms with Gasteiger partial charge in [-0.3, -0.25) is 0 Å². The van der Waals surface area contributed by atoms with Gasteiger partial charge in [0.25, 0.3) is 0 Å². The zero-order valence-electron chi connectivity index (χ0n) is 14.5. The Kier molecular flexibility index (Phi) is 4.13. The topological polar surface area (TPSA) is 72.6 Å². The fraction of sp³-hybridized carbons (Fsp3) is 0.389. The molecule has 7 heteroatoms. The molecule has 0 aromatic carbocycles. The molecule has 0 amide bonds. The van der Waals surface area contributed by atoms with Crippen LogP contribution in [0.1, 0.15) is 17.8 Å². The molecule has 3 aromatic rings. The second kappa shape index (κ2) is 6.58. The van der Waals surface area contributed by atoms with Crippen LogP contribution in [0.25, 0.3) is 11.5 Å². The summed E-state index contributed by atoms with van der Waals surface area (Å²) in [5, 5.41) is 0. The smallest absolute Gasteiger partial charge is 0.158 e.